The smallest absolute Gasteiger partial charge is 0.255 e. The molecule has 0 saturated carbocycles. The third-order valence-electron chi connectivity index (χ3n) is 4.77. The van der Waals surface area contributed by atoms with Crippen molar-refractivity contribution < 1.29 is 14.3 Å². The molecule has 1 atom stereocenters. The number of anilines is 2. The van der Waals surface area contributed by atoms with Gasteiger partial charge in [0.25, 0.3) is 5.91 Å². The molecule has 3 aromatic carbocycles. The van der Waals surface area contributed by atoms with Crippen molar-refractivity contribution in [3.63, 3.8) is 0 Å². The summed E-state index contributed by atoms with van der Waals surface area (Å²) in [5.74, 6) is 0.787. The van der Waals surface area contributed by atoms with Crippen LogP contribution in [0.15, 0.2) is 77.3 Å². The van der Waals surface area contributed by atoms with Crippen LogP contribution in [0, 0.1) is 0 Å². The highest BCUT2D eigenvalue weighted by molar-refractivity contribution is 9.10. The molecule has 152 valence electrons. The lowest BCUT2D eigenvalue weighted by Gasteiger charge is -2.27. The van der Waals surface area contributed by atoms with Crippen LogP contribution in [-0.4, -0.2) is 24.7 Å². The van der Waals surface area contributed by atoms with Crippen molar-refractivity contribution in [2.24, 2.45) is 0 Å². The number of hydrogen-bond donors (Lipinski definition) is 1. The van der Waals surface area contributed by atoms with Crippen LogP contribution in [0.4, 0.5) is 11.4 Å². The molecule has 0 aromatic heterocycles. The summed E-state index contributed by atoms with van der Waals surface area (Å²) in [7, 11) is 1.59. The maximum absolute atomic E-state index is 12.8. The van der Waals surface area contributed by atoms with E-state index in [4.69, 9.17) is 4.74 Å². The summed E-state index contributed by atoms with van der Waals surface area (Å²) in [5, 5.41) is 2.73. The van der Waals surface area contributed by atoms with Gasteiger partial charge in [-0.25, -0.2) is 0 Å². The van der Waals surface area contributed by atoms with E-state index in [1.165, 1.54) is 11.8 Å². The molecule has 0 radical (unpaired) electrons. The van der Waals surface area contributed by atoms with E-state index < -0.39 is 0 Å². The molecule has 0 spiro atoms. The number of carbonyl (C=O) groups is 2. The SMILES string of the molecule is COc1ccccc1N1C(=O)CS[C@@H]1c1ccccc1NC(=O)c1cccc(Br)c1. The molecule has 0 aliphatic carbocycles. The summed E-state index contributed by atoms with van der Waals surface area (Å²) in [4.78, 5) is 27.3. The van der Waals surface area contributed by atoms with Crippen molar-refractivity contribution in [1.82, 2.24) is 0 Å². The summed E-state index contributed by atoms with van der Waals surface area (Å²) >= 11 is 4.93. The quantitative estimate of drug-likeness (QED) is 0.522. The lowest BCUT2D eigenvalue weighted by molar-refractivity contribution is -0.115. The van der Waals surface area contributed by atoms with E-state index in [2.05, 4.69) is 21.2 Å². The highest BCUT2D eigenvalue weighted by Gasteiger charge is 2.36. The molecule has 3 aromatic rings. The Labute approximate surface area is 187 Å². The van der Waals surface area contributed by atoms with Gasteiger partial charge in [-0.05, 0) is 36.4 Å². The molecule has 30 heavy (non-hydrogen) atoms. The van der Waals surface area contributed by atoms with Gasteiger partial charge in [-0.3, -0.25) is 14.5 Å². The van der Waals surface area contributed by atoms with Crippen LogP contribution >= 0.6 is 27.7 Å². The number of thioether (sulfide) groups is 1. The van der Waals surface area contributed by atoms with Gasteiger partial charge in [0.2, 0.25) is 5.91 Å². The van der Waals surface area contributed by atoms with Gasteiger partial charge in [0.05, 0.1) is 18.6 Å². The summed E-state index contributed by atoms with van der Waals surface area (Å²) in [6, 6.07) is 22.3. The lowest BCUT2D eigenvalue weighted by atomic mass is 10.1. The van der Waals surface area contributed by atoms with E-state index >= 15 is 0 Å². The fourth-order valence-corrected chi connectivity index (χ4v) is 5.00. The first-order valence-electron chi connectivity index (χ1n) is 9.31. The number of para-hydroxylation sites is 3. The van der Waals surface area contributed by atoms with Crippen LogP contribution in [0.1, 0.15) is 21.3 Å². The fourth-order valence-electron chi connectivity index (χ4n) is 3.39. The van der Waals surface area contributed by atoms with Gasteiger partial charge in [-0.2, -0.15) is 0 Å². The molecule has 1 fully saturated rings. The van der Waals surface area contributed by atoms with Gasteiger partial charge in [0.1, 0.15) is 11.1 Å². The zero-order valence-corrected chi connectivity index (χ0v) is 18.6. The maximum atomic E-state index is 12.8. The molecule has 1 N–H and O–H groups in total. The van der Waals surface area contributed by atoms with Crippen molar-refractivity contribution in [2.75, 3.05) is 23.1 Å². The van der Waals surface area contributed by atoms with Gasteiger partial charge in [-0.1, -0.05) is 52.3 Å². The van der Waals surface area contributed by atoms with E-state index in [1.54, 1.807) is 24.1 Å². The van der Waals surface area contributed by atoms with Gasteiger partial charge >= 0.3 is 0 Å². The van der Waals surface area contributed by atoms with Crippen molar-refractivity contribution in [2.45, 2.75) is 5.37 Å². The summed E-state index contributed by atoms with van der Waals surface area (Å²) in [6.45, 7) is 0. The first kappa shape index (κ1) is 20.5. The molecule has 1 heterocycles. The zero-order chi connectivity index (χ0) is 21.1. The Morgan fingerprint density at radius 2 is 1.87 bits per heavy atom. The highest BCUT2D eigenvalue weighted by atomic mass is 79.9. The number of ether oxygens (including phenoxy) is 1. The molecule has 1 saturated heterocycles. The number of benzene rings is 3. The number of methoxy groups -OCH3 is 1. The van der Waals surface area contributed by atoms with Crippen LogP contribution in [0.2, 0.25) is 0 Å². The van der Waals surface area contributed by atoms with E-state index in [-0.39, 0.29) is 17.2 Å². The van der Waals surface area contributed by atoms with E-state index in [0.29, 0.717) is 28.4 Å². The molecular formula is C23H19BrN2O3S. The molecule has 0 bridgehead atoms. The number of hydrogen-bond acceptors (Lipinski definition) is 4. The third kappa shape index (κ3) is 4.08. The Hall–Kier alpha value is -2.77. The standard InChI is InChI=1S/C23H19BrN2O3S/c1-29-20-12-5-4-11-19(20)26-21(27)14-30-23(26)17-9-2-3-10-18(17)25-22(28)15-7-6-8-16(24)13-15/h2-13,23H,14H2,1H3,(H,25,28)/t23-/m1/s1. The number of nitrogens with one attached hydrogen (secondary N) is 1. The number of nitrogens with zero attached hydrogens (tertiary/aromatic N) is 1. The Morgan fingerprint density at radius 1 is 1.10 bits per heavy atom. The maximum Gasteiger partial charge on any atom is 0.255 e. The Kier molecular flexibility index (Phi) is 6.11. The Balaban J connectivity index is 1.69. The predicted octanol–water partition coefficient (Wildman–Crippen LogP) is 5.49. The summed E-state index contributed by atoms with van der Waals surface area (Å²) < 4.78 is 6.31. The average molecular weight is 483 g/mol. The third-order valence-corrected chi connectivity index (χ3v) is 6.46. The largest absolute Gasteiger partial charge is 0.495 e. The van der Waals surface area contributed by atoms with E-state index in [0.717, 1.165) is 10.0 Å². The van der Waals surface area contributed by atoms with Crippen molar-refractivity contribution in [3.8, 4) is 5.75 Å². The average Bonchev–Trinajstić information content (AvgIpc) is 3.15. The molecule has 4 rings (SSSR count). The molecule has 0 unspecified atom stereocenters. The first-order chi connectivity index (χ1) is 14.6. The van der Waals surface area contributed by atoms with Gasteiger partial charge in [-0.15, -0.1) is 11.8 Å². The molecule has 7 heteroatoms. The van der Waals surface area contributed by atoms with Crippen molar-refractivity contribution in [1.29, 1.82) is 0 Å². The second-order valence-corrected chi connectivity index (χ2v) is 8.63. The van der Waals surface area contributed by atoms with E-state index in [1.807, 2.05) is 60.7 Å². The Bertz CT molecular complexity index is 1110. The second-order valence-electron chi connectivity index (χ2n) is 6.65. The minimum absolute atomic E-state index is 0.00243. The normalized spacial score (nSPS) is 15.9. The second kappa shape index (κ2) is 8.93. The van der Waals surface area contributed by atoms with E-state index in [9.17, 15) is 9.59 Å². The summed E-state index contributed by atoms with van der Waals surface area (Å²) in [6.07, 6.45) is 0. The van der Waals surface area contributed by atoms with Crippen LogP contribution < -0.4 is 15.0 Å². The topological polar surface area (TPSA) is 58.6 Å². The molecular weight excluding hydrogens is 464 g/mol. The molecule has 1 aliphatic rings. The zero-order valence-electron chi connectivity index (χ0n) is 16.2. The highest BCUT2D eigenvalue weighted by Crippen LogP contribution is 2.46. The number of halogens is 1. The minimum Gasteiger partial charge on any atom is -0.495 e. The number of rotatable bonds is 5. The van der Waals surface area contributed by atoms with Gasteiger partial charge in [0.15, 0.2) is 0 Å². The number of carbonyl (C=O) groups excluding carboxylic acids is 2. The monoisotopic (exact) mass is 482 g/mol. The van der Waals surface area contributed by atoms with Crippen molar-refractivity contribution >= 4 is 50.9 Å². The van der Waals surface area contributed by atoms with Gasteiger partial charge < -0.3 is 10.1 Å². The van der Waals surface area contributed by atoms with Gasteiger partial charge in [0, 0.05) is 21.3 Å². The molecule has 5 nitrogen and oxygen atoms in total. The lowest BCUT2D eigenvalue weighted by Crippen LogP contribution is -2.29. The Morgan fingerprint density at radius 3 is 2.67 bits per heavy atom. The molecule has 1 aliphatic heterocycles. The van der Waals surface area contributed by atoms with Crippen LogP contribution in [0.25, 0.3) is 0 Å². The van der Waals surface area contributed by atoms with Crippen LogP contribution in [-0.2, 0) is 4.79 Å². The van der Waals surface area contributed by atoms with Crippen molar-refractivity contribution in [3.05, 3.63) is 88.4 Å². The predicted molar refractivity (Wildman–Crippen MR) is 124 cm³/mol. The van der Waals surface area contributed by atoms with Crippen LogP contribution in [0.5, 0.6) is 5.75 Å². The minimum atomic E-state index is -0.271. The fraction of sp³-hybridized carbons (Fsp3) is 0.130. The first-order valence-corrected chi connectivity index (χ1v) is 11.1. The molecule has 2 amide bonds. The van der Waals surface area contributed by atoms with Crippen LogP contribution in [0.3, 0.4) is 0 Å². The number of amides is 2. The summed E-state index contributed by atoms with van der Waals surface area (Å²) in [5.41, 5.74) is 2.81.